The third kappa shape index (κ3) is 3.23. The zero-order valence-electron chi connectivity index (χ0n) is 11.7. The minimum absolute atomic E-state index is 0.352. The molecule has 20 heavy (non-hydrogen) atoms. The van der Waals surface area contributed by atoms with Crippen LogP contribution in [0.1, 0.15) is 46.9 Å². The van der Waals surface area contributed by atoms with E-state index in [2.05, 4.69) is 12.2 Å². The maximum Gasteiger partial charge on any atom is 0.285 e. The normalized spacial score (nSPS) is 13.9. The van der Waals surface area contributed by atoms with Crippen molar-refractivity contribution >= 4 is 11.8 Å². The van der Waals surface area contributed by atoms with E-state index in [9.17, 15) is 9.59 Å². The fourth-order valence-electron chi connectivity index (χ4n) is 2.06. The van der Waals surface area contributed by atoms with Gasteiger partial charge in [-0.3, -0.25) is 14.4 Å². The van der Waals surface area contributed by atoms with Gasteiger partial charge in [-0.1, -0.05) is 25.5 Å². The second-order valence-corrected chi connectivity index (χ2v) is 4.74. The van der Waals surface area contributed by atoms with Gasteiger partial charge in [-0.25, -0.2) is 0 Å². The maximum atomic E-state index is 12.0. The smallest absolute Gasteiger partial charge is 0.285 e. The summed E-state index contributed by atoms with van der Waals surface area (Å²) in [4.78, 5) is 29.3. The van der Waals surface area contributed by atoms with Gasteiger partial charge in [0.25, 0.3) is 11.8 Å². The molecular weight excluding hydrogens is 256 g/mol. The number of imide groups is 1. The molecule has 2 amide bonds. The molecule has 1 aromatic carbocycles. The Labute approximate surface area is 118 Å². The molecule has 0 fully saturated rings. The van der Waals surface area contributed by atoms with E-state index in [1.807, 2.05) is 0 Å². The summed E-state index contributed by atoms with van der Waals surface area (Å²) in [5, 5.41) is 4.15. The molecule has 1 heterocycles. The van der Waals surface area contributed by atoms with E-state index in [1.165, 1.54) is 6.42 Å². The number of rotatable bonds is 8. The van der Waals surface area contributed by atoms with Gasteiger partial charge < -0.3 is 5.32 Å². The van der Waals surface area contributed by atoms with Crippen LogP contribution in [0.25, 0.3) is 0 Å². The lowest BCUT2D eigenvalue weighted by atomic mass is 10.1. The predicted molar refractivity (Wildman–Crippen MR) is 75.3 cm³/mol. The summed E-state index contributed by atoms with van der Waals surface area (Å²) in [5.74, 6) is -0.742. The van der Waals surface area contributed by atoms with Crippen molar-refractivity contribution in [3.63, 3.8) is 0 Å². The van der Waals surface area contributed by atoms with Crippen molar-refractivity contribution in [2.75, 3.05) is 19.7 Å². The van der Waals surface area contributed by atoms with E-state index in [0.29, 0.717) is 17.7 Å². The molecule has 0 spiro atoms. The number of hydroxylamine groups is 2. The summed E-state index contributed by atoms with van der Waals surface area (Å²) in [6, 6.07) is 6.77. The van der Waals surface area contributed by atoms with Gasteiger partial charge in [0, 0.05) is 0 Å². The number of hydrogen-bond acceptors (Lipinski definition) is 4. The molecule has 5 heteroatoms. The fourth-order valence-corrected chi connectivity index (χ4v) is 2.06. The first-order chi connectivity index (χ1) is 9.75. The van der Waals surface area contributed by atoms with Crippen molar-refractivity contribution in [1.82, 2.24) is 10.4 Å². The van der Waals surface area contributed by atoms with Crippen LogP contribution in [0.2, 0.25) is 0 Å². The highest BCUT2D eigenvalue weighted by Crippen LogP contribution is 2.22. The third-order valence-corrected chi connectivity index (χ3v) is 3.18. The second-order valence-electron chi connectivity index (χ2n) is 4.74. The molecule has 0 radical (unpaired) electrons. The van der Waals surface area contributed by atoms with Crippen molar-refractivity contribution < 1.29 is 14.4 Å². The highest BCUT2D eigenvalue weighted by Gasteiger charge is 2.36. The number of nitrogens with zero attached hydrogens (tertiary/aromatic N) is 1. The van der Waals surface area contributed by atoms with Crippen molar-refractivity contribution in [3.8, 4) is 0 Å². The third-order valence-electron chi connectivity index (χ3n) is 3.18. The topological polar surface area (TPSA) is 58.6 Å². The van der Waals surface area contributed by atoms with Gasteiger partial charge in [0.05, 0.1) is 17.7 Å². The van der Waals surface area contributed by atoms with E-state index in [1.54, 1.807) is 24.3 Å². The van der Waals surface area contributed by atoms with E-state index in [0.717, 1.165) is 31.0 Å². The zero-order chi connectivity index (χ0) is 14.4. The minimum Gasteiger partial charge on any atom is -0.317 e. The van der Waals surface area contributed by atoms with E-state index in [4.69, 9.17) is 4.84 Å². The Bertz CT molecular complexity index is 453. The number of unbranched alkanes of at least 4 members (excludes halogenated alkanes) is 1. The molecule has 0 bridgehead atoms. The monoisotopic (exact) mass is 276 g/mol. The Morgan fingerprint density at radius 3 is 2.25 bits per heavy atom. The number of carbonyl (C=O) groups excluding carboxylic acids is 2. The second kappa shape index (κ2) is 7.17. The summed E-state index contributed by atoms with van der Waals surface area (Å²) in [5.41, 5.74) is 0.831. The van der Waals surface area contributed by atoms with Crippen LogP contribution >= 0.6 is 0 Å². The largest absolute Gasteiger partial charge is 0.317 e. The molecule has 0 atom stereocenters. The zero-order valence-corrected chi connectivity index (χ0v) is 11.7. The average molecular weight is 276 g/mol. The molecule has 0 aromatic heterocycles. The Morgan fingerprint density at radius 2 is 1.65 bits per heavy atom. The predicted octanol–water partition coefficient (Wildman–Crippen LogP) is 1.99. The van der Waals surface area contributed by atoms with Crippen molar-refractivity contribution in [1.29, 1.82) is 0 Å². The van der Waals surface area contributed by atoms with E-state index in [-0.39, 0.29) is 11.8 Å². The van der Waals surface area contributed by atoms with Gasteiger partial charge in [-0.15, -0.1) is 5.06 Å². The molecule has 108 valence electrons. The van der Waals surface area contributed by atoms with Crippen LogP contribution in [-0.4, -0.2) is 36.6 Å². The van der Waals surface area contributed by atoms with Gasteiger partial charge in [-0.2, -0.15) is 0 Å². The molecule has 2 rings (SSSR count). The number of nitrogens with one attached hydrogen (secondary N) is 1. The molecule has 0 aliphatic carbocycles. The first-order valence-corrected chi connectivity index (χ1v) is 7.07. The van der Waals surface area contributed by atoms with Gasteiger partial charge in [0.1, 0.15) is 0 Å². The number of amides is 2. The number of fused-ring (bicyclic) bond motifs is 1. The van der Waals surface area contributed by atoms with Crippen LogP contribution in [0.4, 0.5) is 0 Å². The molecule has 1 aliphatic heterocycles. The quantitative estimate of drug-likeness (QED) is 0.583. The summed E-state index contributed by atoms with van der Waals surface area (Å²) in [7, 11) is 0. The Morgan fingerprint density at radius 1 is 1.05 bits per heavy atom. The summed E-state index contributed by atoms with van der Waals surface area (Å²) in [6.45, 7) is 4.31. The van der Waals surface area contributed by atoms with Crippen LogP contribution in [0.5, 0.6) is 0 Å². The number of hydrogen-bond donors (Lipinski definition) is 1. The Kier molecular flexibility index (Phi) is 5.26. The van der Waals surface area contributed by atoms with E-state index < -0.39 is 0 Å². The Hall–Kier alpha value is -1.72. The molecule has 0 unspecified atom stereocenters. The van der Waals surface area contributed by atoms with Crippen LogP contribution in [0, 0.1) is 0 Å². The summed E-state index contributed by atoms with van der Waals surface area (Å²) < 4.78 is 0. The first kappa shape index (κ1) is 14.7. The highest BCUT2D eigenvalue weighted by molar-refractivity contribution is 6.20. The minimum atomic E-state index is -0.371. The number of benzene rings is 1. The molecule has 1 aliphatic rings. The lowest BCUT2D eigenvalue weighted by molar-refractivity contribution is -0.0917. The highest BCUT2D eigenvalue weighted by atomic mass is 16.7. The molecular formula is C15H20N2O3. The van der Waals surface area contributed by atoms with Gasteiger partial charge in [-0.05, 0) is 38.1 Å². The van der Waals surface area contributed by atoms with Crippen molar-refractivity contribution in [2.45, 2.75) is 26.2 Å². The van der Waals surface area contributed by atoms with Crippen LogP contribution in [-0.2, 0) is 4.84 Å². The molecule has 1 N–H and O–H groups in total. The molecule has 0 saturated heterocycles. The molecule has 0 saturated carbocycles. The van der Waals surface area contributed by atoms with Gasteiger partial charge in [0.2, 0.25) is 0 Å². The van der Waals surface area contributed by atoms with Gasteiger partial charge in [0.15, 0.2) is 0 Å². The van der Waals surface area contributed by atoms with Crippen molar-refractivity contribution in [2.24, 2.45) is 0 Å². The van der Waals surface area contributed by atoms with Gasteiger partial charge >= 0.3 is 0 Å². The van der Waals surface area contributed by atoms with Crippen LogP contribution in [0.15, 0.2) is 24.3 Å². The fraction of sp³-hybridized carbons (Fsp3) is 0.467. The first-order valence-electron chi connectivity index (χ1n) is 7.07. The average Bonchev–Trinajstić information content (AvgIpc) is 2.71. The SMILES string of the molecule is CCCCNCCCON1C(=O)c2ccccc2C1=O. The number of carbonyl (C=O) groups is 2. The molecule has 5 nitrogen and oxygen atoms in total. The Balaban J connectivity index is 1.75. The van der Waals surface area contributed by atoms with Crippen molar-refractivity contribution in [3.05, 3.63) is 35.4 Å². The summed E-state index contributed by atoms with van der Waals surface area (Å²) in [6.07, 6.45) is 3.08. The lowest BCUT2D eigenvalue weighted by Gasteiger charge is -2.13. The van der Waals surface area contributed by atoms with E-state index >= 15 is 0 Å². The lowest BCUT2D eigenvalue weighted by Crippen LogP contribution is -2.31. The summed E-state index contributed by atoms with van der Waals surface area (Å²) >= 11 is 0. The standard InChI is InChI=1S/C15H20N2O3/c1-2-3-9-16-10-6-11-20-17-14(18)12-7-4-5-8-13(12)15(17)19/h4-5,7-8,16H,2-3,6,9-11H2,1H3. The maximum absolute atomic E-state index is 12.0. The van der Waals surface area contributed by atoms with Crippen LogP contribution in [0.3, 0.4) is 0 Å². The van der Waals surface area contributed by atoms with Crippen LogP contribution < -0.4 is 5.32 Å². The molecule has 1 aromatic rings.